The summed E-state index contributed by atoms with van der Waals surface area (Å²) < 4.78 is 5.72. The zero-order valence-corrected chi connectivity index (χ0v) is 12.4. The first-order chi connectivity index (χ1) is 9.13. The highest BCUT2D eigenvalue weighted by Gasteiger charge is 2.26. The quantitative estimate of drug-likeness (QED) is 0.813. The molecule has 1 aromatic carbocycles. The van der Waals surface area contributed by atoms with Crippen molar-refractivity contribution in [3.63, 3.8) is 0 Å². The Labute approximate surface area is 120 Å². The van der Waals surface area contributed by atoms with Crippen LogP contribution < -0.4 is 11.1 Å². The summed E-state index contributed by atoms with van der Waals surface area (Å²) in [5, 5.41) is 3.52. The van der Waals surface area contributed by atoms with E-state index in [0.717, 1.165) is 37.2 Å². The lowest BCUT2D eigenvalue weighted by molar-refractivity contribution is 0.0900. The number of nitrogens with two attached hydrogens (primary N) is 1. The van der Waals surface area contributed by atoms with E-state index in [1.807, 2.05) is 12.1 Å². The Morgan fingerprint density at radius 3 is 3.00 bits per heavy atom. The van der Waals surface area contributed by atoms with E-state index in [0.29, 0.717) is 17.0 Å². The molecule has 0 spiro atoms. The molecule has 0 aliphatic carbocycles. The third-order valence-corrected chi connectivity index (χ3v) is 4.05. The minimum Gasteiger partial charge on any atom is -0.389 e. The molecular weight excluding hydrogens is 256 g/mol. The molecule has 104 valence electrons. The molecule has 1 aliphatic heterocycles. The fourth-order valence-corrected chi connectivity index (χ4v) is 2.89. The van der Waals surface area contributed by atoms with Gasteiger partial charge in [0.2, 0.25) is 0 Å². The molecule has 4 heteroatoms. The predicted octanol–water partition coefficient (Wildman–Crippen LogP) is 2.86. The van der Waals surface area contributed by atoms with Gasteiger partial charge in [0.15, 0.2) is 0 Å². The SMILES string of the molecule is CCC1OCCC1CNc1c(C)cccc1C(N)=S. The number of hydrogen-bond acceptors (Lipinski definition) is 3. The van der Waals surface area contributed by atoms with E-state index < -0.39 is 0 Å². The smallest absolute Gasteiger partial charge is 0.106 e. The molecule has 0 bridgehead atoms. The zero-order chi connectivity index (χ0) is 13.8. The fraction of sp³-hybridized carbons (Fsp3) is 0.533. The highest BCUT2D eigenvalue weighted by molar-refractivity contribution is 7.80. The van der Waals surface area contributed by atoms with Crippen molar-refractivity contribution >= 4 is 22.9 Å². The molecule has 0 saturated carbocycles. The molecule has 1 fully saturated rings. The number of ether oxygens (including phenoxy) is 1. The van der Waals surface area contributed by atoms with E-state index in [4.69, 9.17) is 22.7 Å². The van der Waals surface area contributed by atoms with Crippen LogP contribution in [0.25, 0.3) is 0 Å². The Morgan fingerprint density at radius 2 is 2.32 bits per heavy atom. The Hall–Kier alpha value is -1.13. The molecule has 2 atom stereocenters. The minimum absolute atomic E-state index is 0.379. The topological polar surface area (TPSA) is 47.3 Å². The van der Waals surface area contributed by atoms with E-state index in [9.17, 15) is 0 Å². The second-order valence-corrected chi connectivity index (χ2v) is 5.55. The molecule has 1 aromatic rings. The Balaban J connectivity index is 2.09. The van der Waals surface area contributed by atoms with Gasteiger partial charge in [-0.15, -0.1) is 0 Å². The second kappa shape index (κ2) is 6.35. The van der Waals surface area contributed by atoms with Crippen LogP contribution >= 0.6 is 12.2 Å². The van der Waals surface area contributed by atoms with Crippen molar-refractivity contribution in [2.24, 2.45) is 11.7 Å². The van der Waals surface area contributed by atoms with Crippen LogP contribution in [0.4, 0.5) is 5.69 Å². The maximum Gasteiger partial charge on any atom is 0.106 e. The van der Waals surface area contributed by atoms with Crippen molar-refractivity contribution in [2.75, 3.05) is 18.5 Å². The van der Waals surface area contributed by atoms with Crippen molar-refractivity contribution in [3.05, 3.63) is 29.3 Å². The van der Waals surface area contributed by atoms with E-state index in [-0.39, 0.29) is 0 Å². The molecule has 1 heterocycles. The minimum atomic E-state index is 0.379. The molecule has 1 saturated heterocycles. The van der Waals surface area contributed by atoms with E-state index in [2.05, 4.69) is 25.2 Å². The van der Waals surface area contributed by atoms with Gasteiger partial charge in [0.25, 0.3) is 0 Å². The van der Waals surface area contributed by atoms with Crippen LogP contribution in [0.3, 0.4) is 0 Å². The molecule has 1 aliphatic rings. The van der Waals surface area contributed by atoms with Gasteiger partial charge in [0.1, 0.15) is 4.99 Å². The largest absolute Gasteiger partial charge is 0.389 e. The van der Waals surface area contributed by atoms with Gasteiger partial charge < -0.3 is 15.8 Å². The first-order valence-electron chi connectivity index (χ1n) is 6.88. The highest BCUT2D eigenvalue weighted by atomic mass is 32.1. The zero-order valence-electron chi connectivity index (χ0n) is 11.6. The first-order valence-corrected chi connectivity index (χ1v) is 7.29. The molecule has 0 amide bonds. The van der Waals surface area contributed by atoms with Gasteiger partial charge >= 0.3 is 0 Å². The van der Waals surface area contributed by atoms with Crippen molar-refractivity contribution in [3.8, 4) is 0 Å². The maximum atomic E-state index is 5.79. The van der Waals surface area contributed by atoms with Crippen molar-refractivity contribution < 1.29 is 4.74 Å². The monoisotopic (exact) mass is 278 g/mol. The number of hydrogen-bond donors (Lipinski definition) is 2. The summed E-state index contributed by atoms with van der Waals surface area (Å²) in [5.74, 6) is 0.573. The summed E-state index contributed by atoms with van der Waals surface area (Å²) in [4.78, 5) is 0.445. The van der Waals surface area contributed by atoms with Crippen molar-refractivity contribution in [1.82, 2.24) is 0 Å². The third kappa shape index (κ3) is 3.25. The van der Waals surface area contributed by atoms with Gasteiger partial charge in [-0.25, -0.2) is 0 Å². The molecule has 19 heavy (non-hydrogen) atoms. The standard InChI is InChI=1S/C15H22N2OS/c1-3-13-11(7-8-18-13)9-17-14-10(2)5-4-6-12(14)15(16)19/h4-6,11,13,17H,3,7-9H2,1-2H3,(H2,16,19). The average molecular weight is 278 g/mol. The van der Waals surface area contributed by atoms with Crippen LogP contribution in [0.1, 0.15) is 30.9 Å². The molecule has 3 nitrogen and oxygen atoms in total. The van der Waals surface area contributed by atoms with Gasteiger partial charge in [-0.2, -0.15) is 0 Å². The van der Waals surface area contributed by atoms with Crippen LogP contribution in [0, 0.1) is 12.8 Å². The number of thiocarbonyl (C=S) groups is 1. The number of anilines is 1. The van der Waals surface area contributed by atoms with Crippen LogP contribution in [0.5, 0.6) is 0 Å². The molecule has 0 aromatic heterocycles. The number of nitrogens with one attached hydrogen (secondary N) is 1. The summed E-state index contributed by atoms with van der Waals surface area (Å²) in [5.41, 5.74) is 8.96. The average Bonchev–Trinajstić information content (AvgIpc) is 2.84. The lowest BCUT2D eigenvalue weighted by Gasteiger charge is -2.20. The van der Waals surface area contributed by atoms with E-state index in [1.165, 1.54) is 5.56 Å². The van der Waals surface area contributed by atoms with Gasteiger partial charge in [-0.3, -0.25) is 0 Å². The van der Waals surface area contributed by atoms with Crippen LogP contribution in [-0.4, -0.2) is 24.2 Å². The summed E-state index contributed by atoms with van der Waals surface area (Å²) in [7, 11) is 0. The Bertz CT molecular complexity index is 461. The van der Waals surface area contributed by atoms with Crippen molar-refractivity contribution in [2.45, 2.75) is 32.8 Å². The van der Waals surface area contributed by atoms with Crippen LogP contribution in [0.2, 0.25) is 0 Å². The third-order valence-electron chi connectivity index (χ3n) is 3.83. The van der Waals surface area contributed by atoms with Gasteiger partial charge in [-0.05, 0) is 31.4 Å². The first kappa shape index (κ1) is 14.3. The molecule has 2 rings (SSSR count). The van der Waals surface area contributed by atoms with Gasteiger partial charge in [-0.1, -0.05) is 31.3 Å². The normalized spacial score (nSPS) is 22.4. The predicted molar refractivity (Wildman–Crippen MR) is 83.7 cm³/mol. The summed E-state index contributed by atoms with van der Waals surface area (Å²) in [6, 6.07) is 6.04. The van der Waals surface area contributed by atoms with E-state index in [1.54, 1.807) is 0 Å². The van der Waals surface area contributed by atoms with Crippen LogP contribution in [-0.2, 0) is 4.74 Å². The summed E-state index contributed by atoms with van der Waals surface area (Å²) >= 11 is 5.12. The van der Waals surface area contributed by atoms with Gasteiger partial charge in [0.05, 0.1) is 6.10 Å². The van der Waals surface area contributed by atoms with Gasteiger partial charge in [0, 0.05) is 30.3 Å². The van der Waals surface area contributed by atoms with Crippen molar-refractivity contribution in [1.29, 1.82) is 0 Å². The molecule has 2 unspecified atom stereocenters. The summed E-state index contributed by atoms with van der Waals surface area (Å²) in [6.07, 6.45) is 2.58. The number of rotatable bonds is 5. The second-order valence-electron chi connectivity index (χ2n) is 5.11. The Morgan fingerprint density at radius 1 is 1.53 bits per heavy atom. The number of aryl methyl sites for hydroxylation is 1. The molecule has 3 N–H and O–H groups in total. The fourth-order valence-electron chi connectivity index (χ4n) is 2.72. The molecular formula is C15H22N2OS. The van der Waals surface area contributed by atoms with E-state index >= 15 is 0 Å². The lowest BCUT2D eigenvalue weighted by Crippen LogP contribution is -2.24. The summed E-state index contributed by atoms with van der Waals surface area (Å²) in [6.45, 7) is 6.05. The maximum absolute atomic E-state index is 5.79. The number of para-hydroxylation sites is 1. The van der Waals surface area contributed by atoms with Crippen LogP contribution in [0.15, 0.2) is 18.2 Å². The molecule has 0 radical (unpaired) electrons. The Kier molecular flexibility index (Phi) is 4.77. The lowest BCUT2D eigenvalue weighted by atomic mass is 9.99. The highest BCUT2D eigenvalue weighted by Crippen LogP contribution is 2.26. The number of benzene rings is 1.